The molecule has 6 nitrogen and oxygen atoms in total. The first-order chi connectivity index (χ1) is 11.5. The van der Waals surface area contributed by atoms with Gasteiger partial charge in [-0.15, -0.1) is 10.2 Å². The van der Waals surface area contributed by atoms with Gasteiger partial charge in [0.1, 0.15) is 11.8 Å². The predicted octanol–water partition coefficient (Wildman–Crippen LogP) is 4.11. The van der Waals surface area contributed by atoms with Crippen LogP contribution in [0.5, 0.6) is 5.75 Å². The SMILES string of the molecule is Cc1c(Cl)cnn1[C@H](C)c1nnc(-c2ccccc2OC(F)F)o1. The number of alkyl halides is 2. The van der Waals surface area contributed by atoms with Crippen molar-refractivity contribution in [2.24, 2.45) is 0 Å². The number of nitrogens with zero attached hydrogens (tertiary/aromatic N) is 4. The highest BCUT2D eigenvalue weighted by molar-refractivity contribution is 6.31. The third-order valence-electron chi connectivity index (χ3n) is 3.48. The highest BCUT2D eigenvalue weighted by Gasteiger charge is 2.21. The van der Waals surface area contributed by atoms with Crippen molar-refractivity contribution < 1.29 is 17.9 Å². The Labute approximate surface area is 141 Å². The van der Waals surface area contributed by atoms with Crippen LogP contribution in [0.3, 0.4) is 0 Å². The molecule has 9 heteroatoms. The second kappa shape index (κ2) is 6.56. The average molecular weight is 355 g/mol. The van der Waals surface area contributed by atoms with Crippen LogP contribution in [0, 0.1) is 6.92 Å². The Kier molecular flexibility index (Phi) is 4.48. The van der Waals surface area contributed by atoms with Crippen LogP contribution >= 0.6 is 11.6 Å². The molecule has 0 saturated heterocycles. The van der Waals surface area contributed by atoms with Crippen molar-refractivity contribution in [3.8, 4) is 17.2 Å². The van der Waals surface area contributed by atoms with Gasteiger partial charge in [0.2, 0.25) is 5.89 Å². The molecule has 0 N–H and O–H groups in total. The van der Waals surface area contributed by atoms with E-state index in [1.807, 2.05) is 13.8 Å². The molecule has 3 rings (SSSR count). The number of hydrogen-bond donors (Lipinski definition) is 0. The zero-order valence-electron chi connectivity index (χ0n) is 12.8. The van der Waals surface area contributed by atoms with Gasteiger partial charge in [-0.2, -0.15) is 13.9 Å². The second-order valence-electron chi connectivity index (χ2n) is 5.02. The first-order valence-electron chi connectivity index (χ1n) is 7.04. The maximum Gasteiger partial charge on any atom is 0.387 e. The Morgan fingerprint density at radius 2 is 2.00 bits per heavy atom. The van der Waals surface area contributed by atoms with Gasteiger partial charge in [-0.05, 0) is 26.0 Å². The van der Waals surface area contributed by atoms with E-state index in [1.165, 1.54) is 12.3 Å². The molecule has 0 aliphatic heterocycles. The van der Waals surface area contributed by atoms with Crippen LogP contribution in [0.1, 0.15) is 24.6 Å². The molecule has 1 aromatic carbocycles. The number of para-hydroxylation sites is 1. The van der Waals surface area contributed by atoms with Gasteiger partial charge >= 0.3 is 6.61 Å². The van der Waals surface area contributed by atoms with Crippen molar-refractivity contribution >= 4 is 11.6 Å². The molecule has 3 aromatic rings. The summed E-state index contributed by atoms with van der Waals surface area (Å²) in [5, 5.41) is 12.6. The number of hydrogen-bond acceptors (Lipinski definition) is 5. The summed E-state index contributed by atoms with van der Waals surface area (Å²) in [4.78, 5) is 0. The fraction of sp³-hybridized carbons (Fsp3) is 0.267. The summed E-state index contributed by atoms with van der Waals surface area (Å²) in [6, 6.07) is 5.86. The first-order valence-corrected chi connectivity index (χ1v) is 7.42. The maximum atomic E-state index is 12.5. The summed E-state index contributed by atoms with van der Waals surface area (Å²) in [6.07, 6.45) is 1.52. The highest BCUT2D eigenvalue weighted by Crippen LogP contribution is 2.31. The molecular weight excluding hydrogens is 342 g/mol. The molecule has 0 aliphatic rings. The van der Waals surface area contributed by atoms with Gasteiger partial charge in [-0.3, -0.25) is 4.68 Å². The summed E-state index contributed by atoms with van der Waals surface area (Å²) in [6.45, 7) is 0.686. The van der Waals surface area contributed by atoms with Gasteiger partial charge in [0.25, 0.3) is 5.89 Å². The van der Waals surface area contributed by atoms with Crippen molar-refractivity contribution in [1.29, 1.82) is 0 Å². The molecule has 0 unspecified atom stereocenters. The standard InChI is InChI=1S/C15H13ClF2N4O2/c1-8-11(16)7-19-22(8)9(2)13-20-21-14(24-13)10-5-3-4-6-12(10)23-15(17)18/h3-7,9,15H,1-2H3/t9-/m1/s1. The molecule has 1 atom stereocenters. The average Bonchev–Trinajstić information content (AvgIpc) is 3.15. The largest absolute Gasteiger partial charge is 0.434 e. The molecule has 0 saturated carbocycles. The van der Waals surface area contributed by atoms with Crippen LogP contribution in [0.25, 0.3) is 11.5 Å². The van der Waals surface area contributed by atoms with Gasteiger partial charge in [0.05, 0.1) is 22.5 Å². The number of ether oxygens (including phenoxy) is 1. The van der Waals surface area contributed by atoms with E-state index in [-0.39, 0.29) is 23.6 Å². The molecule has 24 heavy (non-hydrogen) atoms. The summed E-state index contributed by atoms with van der Waals surface area (Å²) in [7, 11) is 0. The van der Waals surface area contributed by atoms with Gasteiger partial charge in [-0.25, -0.2) is 0 Å². The first kappa shape index (κ1) is 16.4. The lowest BCUT2D eigenvalue weighted by atomic mass is 10.2. The van der Waals surface area contributed by atoms with E-state index >= 15 is 0 Å². The molecule has 2 heterocycles. The molecule has 0 amide bonds. The quantitative estimate of drug-likeness (QED) is 0.690. The molecule has 0 fully saturated rings. The number of aromatic nitrogens is 4. The van der Waals surface area contributed by atoms with E-state index in [0.29, 0.717) is 10.6 Å². The van der Waals surface area contributed by atoms with Crippen LogP contribution < -0.4 is 4.74 Å². The van der Waals surface area contributed by atoms with E-state index in [1.54, 1.807) is 22.9 Å². The normalized spacial score (nSPS) is 12.6. The summed E-state index contributed by atoms with van der Waals surface area (Å²) in [5.41, 5.74) is 1.05. The van der Waals surface area contributed by atoms with Gasteiger partial charge < -0.3 is 9.15 Å². The summed E-state index contributed by atoms with van der Waals surface area (Å²) < 4.78 is 36.8. The van der Waals surface area contributed by atoms with Crippen LogP contribution in [-0.2, 0) is 0 Å². The van der Waals surface area contributed by atoms with Crippen LogP contribution in [0.15, 0.2) is 34.9 Å². The van der Waals surface area contributed by atoms with Crippen molar-refractivity contribution in [2.75, 3.05) is 0 Å². The Hall–Kier alpha value is -2.48. The zero-order valence-corrected chi connectivity index (χ0v) is 13.5. The second-order valence-corrected chi connectivity index (χ2v) is 5.43. The van der Waals surface area contributed by atoms with E-state index in [0.717, 1.165) is 5.69 Å². The van der Waals surface area contributed by atoms with Gasteiger partial charge in [0.15, 0.2) is 0 Å². The van der Waals surface area contributed by atoms with E-state index < -0.39 is 6.61 Å². The minimum Gasteiger partial charge on any atom is -0.434 e. The van der Waals surface area contributed by atoms with E-state index in [4.69, 9.17) is 16.0 Å². The van der Waals surface area contributed by atoms with Crippen molar-refractivity contribution in [3.63, 3.8) is 0 Å². The monoisotopic (exact) mass is 354 g/mol. The van der Waals surface area contributed by atoms with Crippen molar-refractivity contribution in [1.82, 2.24) is 20.0 Å². The Balaban J connectivity index is 1.93. The molecule has 0 bridgehead atoms. The topological polar surface area (TPSA) is 66.0 Å². The van der Waals surface area contributed by atoms with Crippen LogP contribution in [0.4, 0.5) is 8.78 Å². The molecule has 0 aliphatic carbocycles. The highest BCUT2D eigenvalue weighted by atomic mass is 35.5. The third-order valence-corrected chi connectivity index (χ3v) is 3.85. The molecule has 0 radical (unpaired) electrons. The smallest absolute Gasteiger partial charge is 0.387 e. The zero-order chi connectivity index (χ0) is 17.3. The predicted molar refractivity (Wildman–Crippen MR) is 82.2 cm³/mol. The van der Waals surface area contributed by atoms with Crippen molar-refractivity contribution in [3.05, 3.63) is 47.1 Å². The summed E-state index contributed by atoms with van der Waals surface area (Å²) in [5.74, 6) is 0.331. The Morgan fingerprint density at radius 3 is 2.67 bits per heavy atom. The number of rotatable bonds is 5. The fourth-order valence-electron chi connectivity index (χ4n) is 2.25. The molecule has 0 spiro atoms. The molecule has 126 valence electrons. The Morgan fingerprint density at radius 1 is 1.25 bits per heavy atom. The molecule has 2 aromatic heterocycles. The lowest BCUT2D eigenvalue weighted by Crippen LogP contribution is -2.10. The van der Waals surface area contributed by atoms with Crippen molar-refractivity contribution in [2.45, 2.75) is 26.5 Å². The van der Waals surface area contributed by atoms with E-state index in [9.17, 15) is 8.78 Å². The third kappa shape index (κ3) is 3.09. The minimum atomic E-state index is -2.94. The fourth-order valence-corrected chi connectivity index (χ4v) is 2.38. The molecular formula is C15H13ClF2N4O2. The summed E-state index contributed by atoms with van der Waals surface area (Å²) >= 11 is 5.99. The Bertz CT molecular complexity index is 850. The number of halogens is 3. The van der Waals surface area contributed by atoms with Crippen LogP contribution in [0.2, 0.25) is 5.02 Å². The van der Waals surface area contributed by atoms with E-state index in [2.05, 4.69) is 20.0 Å². The van der Waals surface area contributed by atoms with Gasteiger partial charge in [0, 0.05) is 0 Å². The maximum absolute atomic E-state index is 12.5. The lowest BCUT2D eigenvalue weighted by molar-refractivity contribution is -0.0495. The van der Waals surface area contributed by atoms with Gasteiger partial charge in [-0.1, -0.05) is 23.7 Å². The minimum absolute atomic E-state index is 0.0336. The number of benzene rings is 1. The van der Waals surface area contributed by atoms with Crippen LogP contribution in [-0.4, -0.2) is 26.6 Å². The lowest BCUT2D eigenvalue weighted by Gasteiger charge is -2.10.